The second kappa shape index (κ2) is 5.35. The molecule has 2 saturated carbocycles. The molecule has 0 radical (unpaired) electrons. The van der Waals surface area contributed by atoms with Crippen LogP contribution in [0.3, 0.4) is 0 Å². The summed E-state index contributed by atoms with van der Waals surface area (Å²) in [5.41, 5.74) is -0.347. The summed E-state index contributed by atoms with van der Waals surface area (Å²) in [7, 11) is 0. The number of ether oxygens (including phenoxy) is 2. The smallest absolute Gasteiger partial charge is 0.344 e. The zero-order chi connectivity index (χ0) is 14.0. The number of hydrogen-bond donors (Lipinski definition) is 0. The molecule has 0 N–H and O–H groups in total. The maximum Gasteiger partial charge on any atom is 0.344 e. The Morgan fingerprint density at radius 2 is 2.16 bits per heavy atom. The van der Waals surface area contributed by atoms with Crippen molar-refractivity contribution in [2.24, 2.45) is 17.8 Å². The van der Waals surface area contributed by atoms with E-state index in [-0.39, 0.29) is 12.2 Å². The second-order valence-corrected chi connectivity index (χ2v) is 5.98. The van der Waals surface area contributed by atoms with Crippen LogP contribution in [0.5, 0.6) is 0 Å². The summed E-state index contributed by atoms with van der Waals surface area (Å²) in [6.45, 7) is 7.17. The maximum atomic E-state index is 11.9. The van der Waals surface area contributed by atoms with Gasteiger partial charge < -0.3 is 9.47 Å². The number of fused-ring (bicyclic) bond motifs is 2. The summed E-state index contributed by atoms with van der Waals surface area (Å²) >= 11 is 0. The first-order chi connectivity index (χ1) is 8.98. The lowest BCUT2D eigenvalue weighted by Crippen LogP contribution is -2.46. The molecule has 2 aliphatic carbocycles. The highest BCUT2D eigenvalue weighted by Crippen LogP contribution is 2.55. The largest absolute Gasteiger partial charge is 0.456 e. The number of esters is 2. The van der Waals surface area contributed by atoms with Crippen molar-refractivity contribution < 1.29 is 19.1 Å². The molecule has 106 valence electrons. The van der Waals surface area contributed by atoms with Crippen LogP contribution in [0.25, 0.3) is 0 Å². The molecule has 19 heavy (non-hydrogen) atoms. The molecule has 0 saturated heterocycles. The van der Waals surface area contributed by atoms with E-state index in [4.69, 9.17) is 9.47 Å². The lowest BCUT2D eigenvalue weighted by molar-refractivity contribution is -0.180. The molecule has 0 aliphatic heterocycles. The molecule has 2 rings (SSSR count). The van der Waals surface area contributed by atoms with Crippen LogP contribution < -0.4 is 0 Å². The standard InChI is InChI=1S/C15H22O4/c1-4-13(16)18-9-14(17)19-15(10(2)3)8-11-5-6-12(15)7-11/h4,10-12H,1,5-9H2,2-3H3. The summed E-state index contributed by atoms with van der Waals surface area (Å²) in [5.74, 6) is 0.411. The van der Waals surface area contributed by atoms with E-state index in [0.29, 0.717) is 17.8 Å². The van der Waals surface area contributed by atoms with E-state index in [0.717, 1.165) is 25.3 Å². The van der Waals surface area contributed by atoms with Gasteiger partial charge in [-0.2, -0.15) is 0 Å². The summed E-state index contributed by atoms with van der Waals surface area (Å²) in [4.78, 5) is 22.8. The van der Waals surface area contributed by atoms with Gasteiger partial charge in [-0.05, 0) is 43.4 Å². The third kappa shape index (κ3) is 2.67. The highest BCUT2D eigenvalue weighted by atomic mass is 16.6. The highest BCUT2D eigenvalue weighted by Gasteiger charge is 2.55. The Morgan fingerprint density at radius 1 is 1.42 bits per heavy atom. The normalized spacial score (nSPS) is 32.4. The Bertz CT molecular complexity index is 388. The summed E-state index contributed by atoms with van der Waals surface area (Å²) < 4.78 is 10.5. The molecular weight excluding hydrogens is 244 g/mol. The molecule has 2 bridgehead atoms. The van der Waals surface area contributed by atoms with E-state index in [1.807, 2.05) is 0 Å². The molecule has 0 amide bonds. The van der Waals surface area contributed by atoms with Gasteiger partial charge in [-0.25, -0.2) is 9.59 Å². The molecule has 0 aromatic carbocycles. The highest BCUT2D eigenvalue weighted by molar-refractivity contribution is 5.83. The van der Waals surface area contributed by atoms with Crippen molar-refractivity contribution in [2.75, 3.05) is 6.61 Å². The van der Waals surface area contributed by atoms with Crippen LogP contribution in [0.1, 0.15) is 39.5 Å². The van der Waals surface area contributed by atoms with E-state index < -0.39 is 11.9 Å². The number of hydrogen-bond acceptors (Lipinski definition) is 4. The van der Waals surface area contributed by atoms with Gasteiger partial charge in [0.1, 0.15) is 5.60 Å². The van der Waals surface area contributed by atoms with Crippen molar-refractivity contribution in [1.82, 2.24) is 0 Å². The molecule has 4 heteroatoms. The van der Waals surface area contributed by atoms with Crippen LogP contribution >= 0.6 is 0 Å². The molecule has 0 aromatic heterocycles. The molecular formula is C15H22O4. The van der Waals surface area contributed by atoms with Gasteiger partial charge in [0, 0.05) is 6.08 Å². The van der Waals surface area contributed by atoms with Crippen molar-refractivity contribution in [2.45, 2.75) is 45.1 Å². The Balaban J connectivity index is 1.96. The van der Waals surface area contributed by atoms with Gasteiger partial charge in [-0.1, -0.05) is 20.4 Å². The van der Waals surface area contributed by atoms with Gasteiger partial charge in [-0.15, -0.1) is 0 Å². The van der Waals surface area contributed by atoms with E-state index in [1.165, 1.54) is 6.42 Å². The predicted molar refractivity (Wildman–Crippen MR) is 70.3 cm³/mol. The number of carbonyl (C=O) groups excluding carboxylic acids is 2. The fourth-order valence-electron chi connectivity index (χ4n) is 3.70. The topological polar surface area (TPSA) is 52.6 Å². The Morgan fingerprint density at radius 3 is 2.63 bits per heavy atom. The molecule has 3 atom stereocenters. The summed E-state index contributed by atoms with van der Waals surface area (Å²) in [6, 6.07) is 0. The molecule has 0 spiro atoms. The van der Waals surface area contributed by atoms with Crippen molar-refractivity contribution in [3.05, 3.63) is 12.7 Å². The van der Waals surface area contributed by atoms with Crippen molar-refractivity contribution >= 4 is 11.9 Å². The monoisotopic (exact) mass is 266 g/mol. The second-order valence-electron chi connectivity index (χ2n) is 5.98. The minimum absolute atomic E-state index is 0.293. The molecule has 2 fully saturated rings. The average molecular weight is 266 g/mol. The Kier molecular flexibility index (Phi) is 3.97. The zero-order valence-corrected chi connectivity index (χ0v) is 11.7. The number of rotatable bonds is 5. The van der Waals surface area contributed by atoms with Crippen molar-refractivity contribution in [3.63, 3.8) is 0 Å². The molecule has 2 aliphatic rings. The average Bonchev–Trinajstić information content (AvgIpc) is 2.96. The predicted octanol–water partition coefficient (Wildman–Crippen LogP) is 2.47. The van der Waals surface area contributed by atoms with Gasteiger partial charge >= 0.3 is 11.9 Å². The van der Waals surface area contributed by atoms with Crippen molar-refractivity contribution in [3.8, 4) is 0 Å². The van der Waals surface area contributed by atoms with Gasteiger partial charge in [0.25, 0.3) is 0 Å². The number of carbonyl (C=O) groups is 2. The van der Waals surface area contributed by atoms with Gasteiger partial charge in [0.2, 0.25) is 0 Å². The zero-order valence-electron chi connectivity index (χ0n) is 11.7. The third-order valence-corrected chi connectivity index (χ3v) is 4.62. The van der Waals surface area contributed by atoms with E-state index in [9.17, 15) is 9.59 Å². The van der Waals surface area contributed by atoms with Gasteiger partial charge in [0.05, 0.1) is 0 Å². The summed E-state index contributed by atoms with van der Waals surface area (Å²) in [6.07, 6.45) is 5.56. The Labute approximate surface area is 114 Å². The third-order valence-electron chi connectivity index (χ3n) is 4.62. The van der Waals surface area contributed by atoms with Gasteiger partial charge in [-0.3, -0.25) is 0 Å². The first-order valence-electron chi connectivity index (χ1n) is 6.99. The first-order valence-corrected chi connectivity index (χ1v) is 6.99. The van der Waals surface area contributed by atoms with Gasteiger partial charge in [0.15, 0.2) is 6.61 Å². The minimum Gasteiger partial charge on any atom is -0.456 e. The molecule has 4 nitrogen and oxygen atoms in total. The fraction of sp³-hybridized carbons (Fsp3) is 0.733. The molecule has 3 unspecified atom stereocenters. The van der Waals surface area contributed by atoms with Crippen LogP contribution in [-0.2, 0) is 19.1 Å². The lowest BCUT2D eigenvalue weighted by Gasteiger charge is -2.40. The lowest BCUT2D eigenvalue weighted by atomic mass is 9.76. The van der Waals surface area contributed by atoms with E-state index >= 15 is 0 Å². The minimum atomic E-state index is -0.594. The Hall–Kier alpha value is -1.32. The first kappa shape index (κ1) is 14.1. The van der Waals surface area contributed by atoms with Crippen LogP contribution in [-0.4, -0.2) is 24.1 Å². The molecule has 0 aromatic rings. The fourth-order valence-corrected chi connectivity index (χ4v) is 3.70. The SMILES string of the molecule is C=CC(=O)OCC(=O)OC1(C(C)C)CC2CCC1C2. The summed E-state index contributed by atoms with van der Waals surface area (Å²) in [5, 5.41) is 0. The van der Waals surface area contributed by atoms with Crippen LogP contribution in [0.2, 0.25) is 0 Å². The molecule has 0 heterocycles. The van der Waals surface area contributed by atoms with Crippen LogP contribution in [0.4, 0.5) is 0 Å². The van der Waals surface area contributed by atoms with E-state index in [1.54, 1.807) is 0 Å². The maximum absolute atomic E-state index is 11.9. The quantitative estimate of drug-likeness (QED) is 0.566. The van der Waals surface area contributed by atoms with E-state index in [2.05, 4.69) is 20.4 Å². The van der Waals surface area contributed by atoms with Crippen molar-refractivity contribution in [1.29, 1.82) is 0 Å². The van der Waals surface area contributed by atoms with Crippen LogP contribution in [0.15, 0.2) is 12.7 Å². The van der Waals surface area contributed by atoms with Crippen LogP contribution in [0, 0.1) is 17.8 Å².